The van der Waals surface area contributed by atoms with Crippen LogP contribution < -0.4 is 0 Å². The summed E-state index contributed by atoms with van der Waals surface area (Å²) in [5.74, 6) is 0. The van der Waals surface area contributed by atoms with E-state index in [0.29, 0.717) is 0 Å². The van der Waals surface area contributed by atoms with E-state index in [2.05, 4.69) is 147 Å². The normalized spacial score (nSPS) is 12.7. The molecule has 0 aliphatic rings. The minimum atomic E-state index is 1.16. The molecule has 43 heavy (non-hydrogen) atoms. The number of rotatable bonds is 1. The van der Waals surface area contributed by atoms with Gasteiger partial charge >= 0.3 is 0 Å². The van der Waals surface area contributed by atoms with Crippen LogP contribution in [0.4, 0.5) is 0 Å². The Morgan fingerprint density at radius 2 is 1.00 bits per heavy atom. The molecule has 7 aromatic carbocycles. The Kier molecular flexibility index (Phi) is 3.83. The largest absolute Gasteiger partial charge is 0.354 e. The van der Waals surface area contributed by atoms with Crippen LogP contribution in [0.15, 0.2) is 133 Å². The molecule has 0 spiro atoms. The van der Waals surface area contributed by atoms with E-state index in [1.54, 1.807) is 0 Å². The third kappa shape index (κ3) is 2.62. The molecule has 0 bridgehead atoms. The number of hydrogen-bond donors (Lipinski definition) is 1. The number of benzene rings is 7. The summed E-state index contributed by atoms with van der Waals surface area (Å²) in [5, 5.41) is 10.3. The van der Waals surface area contributed by atoms with E-state index in [-0.39, 0.29) is 0 Å². The van der Waals surface area contributed by atoms with E-state index < -0.39 is 0 Å². The summed E-state index contributed by atoms with van der Waals surface area (Å²) in [6.45, 7) is 0. The molecule has 0 amide bonds. The zero-order valence-electron chi connectivity index (χ0n) is 23.1. The Morgan fingerprint density at radius 3 is 1.79 bits per heavy atom. The van der Waals surface area contributed by atoms with E-state index in [9.17, 15) is 0 Å². The molecule has 0 aliphatic heterocycles. The highest BCUT2D eigenvalue weighted by Gasteiger charge is 2.22. The molecule has 0 fully saturated rings. The summed E-state index contributed by atoms with van der Waals surface area (Å²) in [4.78, 5) is 3.79. The lowest BCUT2D eigenvalue weighted by Gasteiger charge is -2.04. The van der Waals surface area contributed by atoms with Crippen molar-refractivity contribution in [2.75, 3.05) is 0 Å². The fourth-order valence-corrected chi connectivity index (χ4v) is 7.91. The number of para-hydroxylation sites is 3. The van der Waals surface area contributed by atoms with Gasteiger partial charge in [-0.15, -0.1) is 0 Å². The second-order valence-electron chi connectivity index (χ2n) is 11.9. The molecule has 0 unspecified atom stereocenters. The van der Waals surface area contributed by atoms with Crippen LogP contribution in [0.1, 0.15) is 0 Å². The first-order chi connectivity index (χ1) is 21.3. The number of H-pyrrole nitrogens is 1. The Bertz CT molecular complexity index is 2930. The number of hydrogen-bond acceptors (Lipinski definition) is 0. The zero-order chi connectivity index (χ0) is 27.8. The Balaban J connectivity index is 1.37. The highest BCUT2D eigenvalue weighted by molar-refractivity contribution is 6.30. The number of nitrogens with zero attached hydrogens (tertiary/aromatic N) is 2. The van der Waals surface area contributed by atoms with Gasteiger partial charge in [-0.3, -0.25) is 0 Å². The van der Waals surface area contributed by atoms with Gasteiger partial charge in [0.2, 0.25) is 0 Å². The first-order valence-electron chi connectivity index (χ1n) is 14.9. The van der Waals surface area contributed by atoms with Gasteiger partial charge in [0.05, 0.1) is 33.1 Å². The van der Waals surface area contributed by atoms with Gasteiger partial charge in [0, 0.05) is 48.7 Å². The van der Waals surface area contributed by atoms with Crippen molar-refractivity contribution in [2.24, 2.45) is 0 Å². The molecule has 1 N–H and O–H groups in total. The first-order valence-corrected chi connectivity index (χ1v) is 14.9. The Labute approximate surface area is 245 Å². The van der Waals surface area contributed by atoms with Crippen molar-refractivity contribution in [1.29, 1.82) is 0 Å². The van der Waals surface area contributed by atoms with Gasteiger partial charge < -0.3 is 13.8 Å². The molecule has 0 atom stereocenters. The van der Waals surface area contributed by atoms with Gasteiger partial charge in [0.15, 0.2) is 0 Å². The number of nitrogens with one attached hydrogen (secondary N) is 1. The van der Waals surface area contributed by atoms with Crippen LogP contribution in [0.5, 0.6) is 0 Å². The summed E-state index contributed by atoms with van der Waals surface area (Å²) in [5.41, 5.74) is 12.3. The summed E-state index contributed by atoms with van der Waals surface area (Å²) < 4.78 is 5.01. The molecule has 0 saturated carbocycles. The Hall–Kier alpha value is -5.80. The van der Waals surface area contributed by atoms with Gasteiger partial charge in [-0.25, -0.2) is 0 Å². The van der Waals surface area contributed by atoms with Crippen molar-refractivity contribution in [1.82, 2.24) is 13.8 Å². The van der Waals surface area contributed by atoms with E-state index in [0.717, 1.165) is 5.52 Å². The van der Waals surface area contributed by atoms with Gasteiger partial charge in [-0.1, -0.05) is 97.1 Å². The maximum atomic E-state index is 3.79. The second kappa shape index (κ2) is 7.53. The molecule has 3 nitrogen and oxygen atoms in total. The second-order valence-corrected chi connectivity index (χ2v) is 11.9. The third-order valence-electron chi connectivity index (χ3n) is 9.73. The SMILES string of the molecule is c1ccc(-c2ccc3c(c2)[nH]c2cc4c(cc23)c2ccc3ccc5c6ccccc6n6c7ccccc7n4c2c3c56)cc1. The quantitative estimate of drug-likeness (QED) is 0.212. The predicted molar refractivity (Wildman–Crippen MR) is 182 cm³/mol. The van der Waals surface area contributed by atoms with Gasteiger partial charge in [0.25, 0.3) is 0 Å². The fraction of sp³-hybridized carbons (Fsp3) is 0. The average molecular weight is 546 g/mol. The van der Waals surface area contributed by atoms with Crippen LogP contribution in [0.3, 0.4) is 0 Å². The van der Waals surface area contributed by atoms with Crippen molar-refractivity contribution < 1.29 is 0 Å². The number of fused-ring (bicyclic) bond motifs is 12. The summed E-state index contributed by atoms with van der Waals surface area (Å²) in [6.07, 6.45) is 0. The third-order valence-corrected chi connectivity index (χ3v) is 9.73. The van der Waals surface area contributed by atoms with Crippen molar-refractivity contribution in [3.05, 3.63) is 133 Å². The van der Waals surface area contributed by atoms with E-state index in [1.807, 2.05) is 0 Å². The standard InChI is InChI=1S/C40H23N3/c1-2-8-23(9-3-1)25-16-17-26-30-21-31-29-19-15-24-14-18-28-27-10-4-5-11-34(27)42-35-12-6-7-13-36(35)43(40(29)38(24)39(28)42)37(31)22-33(30)41-32(26)20-25/h1-22,41H. The van der Waals surface area contributed by atoms with Crippen LogP contribution >= 0.6 is 0 Å². The van der Waals surface area contributed by atoms with Crippen LogP contribution in [-0.2, 0) is 0 Å². The highest BCUT2D eigenvalue weighted by atomic mass is 15.0. The Morgan fingerprint density at radius 1 is 0.372 bits per heavy atom. The molecule has 3 heteroatoms. The fourth-order valence-electron chi connectivity index (χ4n) is 7.91. The molecule has 198 valence electrons. The lowest BCUT2D eigenvalue weighted by atomic mass is 10.0. The van der Waals surface area contributed by atoms with Crippen molar-refractivity contribution in [3.63, 3.8) is 0 Å². The summed E-state index contributed by atoms with van der Waals surface area (Å²) in [7, 11) is 0. The topological polar surface area (TPSA) is 24.6 Å². The van der Waals surface area contributed by atoms with Crippen molar-refractivity contribution >= 4 is 87.2 Å². The van der Waals surface area contributed by atoms with Crippen LogP contribution in [0, 0.1) is 0 Å². The van der Waals surface area contributed by atoms with Gasteiger partial charge in [-0.2, -0.15) is 0 Å². The van der Waals surface area contributed by atoms with E-state index in [4.69, 9.17) is 0 Å². The molecule has 4 heterocycles. The molecular weight excluding hydrogens is 522 g/mol. The molecule has 0 aliphatic carbocycles. The van der Waals surface area contributed by atoms with Crippen LogP contribution in [0.2, 0.25) is 0 Å². The summed E-state index contributed by atoms with van der Waals surface area (Å²) in [6, 6.07) is 49.2. The van der Waals surface area contributed by atoms with Crippen molar-refractivity contribution in [2.45, 2.75) is 0 Å². The van der Waals surface area contributed by atoms with Crippen LogP contribution in [-0.4, -0.2) is 13.8 Å². The average Bonchev–Trinajstić information content (AvgIpc) is 3.67. The van der Waals surface area contributed by atoms with Crippen LogP contribution in [0.25, 0.3) is 98.4 Å². The smallest absolute Gasteiger partial charge is 0.0703 e. The number of aromatic nitrogens is 3. The zero-order valence-corrected chi connectivity index (χ0v) is 23.1. The first kappa shape index (κ1) is 21.9. The molecular formula is C40H23N3. The molecule has 0 radical (unpaired) electrons. The van der Waals surface area contributed by atoms with Gasteiger partial charge in [-0.05, 0) is 52.9 Å². The lowest BCUT2D eigenvalue weighted by Crippen LogP contribution is -1.87. The molecule has 11 rings (SSSR count). The minimum absolute atomic E-state index is 1.16. The van der Waals surface area contributed by atoms with E-state index >= 15 is 0 Å². The molecule has 11 aromatic rings. The number of aromatic amines is 1. The van der Waals surface area contributed by atoms with Crippen molar-refractivity contribution in [3.8, 4) is 11.1 Å². The summed E-state index contributed by atoms with van der Waals surface area (Å²) >= 11 is 0. The lowest BCUT2D eigenvalue weighted by molar-refractivity contribution is 1.31. The maximum absolute atomic E-state index is 3.79. The van der Waals surface area contributed by atoms with Gasteiger partial charge in [0.1, 0.15) is 0 Å². The molecule has 4 aromatic heterocycles. The monoisotopic (exact) mass is 545 g/mol. The predicted octanol–water partition coefficient (Wildman–Crippen LogP) is 10.7. The maximum Gasteiger partial charge on any atom is 0.0703 e. The van der Waals surface area contributed by atoms with E-state index in [1.165, 1.54) is 92.8 Å². The highest BCUT2D eigenvalue weighted by Crippen LogP contribution is 2.44. The minimum Gasteiger partial charge on any atom is -0.354 e. The molecule has 0 saturated heterocycles.